The number of ether oxygens (including phenoxy) is 1. The first-order valence-corrected chi connectivity index (χ1v) is 8.09. The Labute approximate surface area is 145 Å². The van der Waals surface area contributed by atoms with E-state index in [9.17, 15) is 14.0 Å². The fraction of sp³-hybridized carbons (Fsp3) is 0.263. The zero-order chi connectivity index (χ0) is 17.8. The van der Waals surface area contributed by atoms with Crippen LogP contribution in [0.4, 0.5) is 10.1 Å². The van der Waals surface area contributed by atoms with Crippen LogP contribution < -0.4 is 10.1 Å². The molecule has 0 saturated carbocycles. The van der Waals surface area contributed by atoms with Crippen molar-refractivity contribution < 1.29 is 18.7 Å². The van der Waals surface area contributed by atoms with E-state index in [1.165, 1.54) is 23.1 Å². The Morgan fingerprint density at radius 2 is 2.08 bits per heavy atom. The molecule has 0 atom stereocenters. The monoisotopic (exact) mass is 342 g/mol. The summed E-state index contributed by atoms with van der Waals surface area (Å²) >= 11 is 0. The van der Waals surface area contributed by atoms with Gasteiger partial charge in [-0.3, -0.25) is 9.59 Å². The molecule has 0 saturated heterocycles. The average Bonchev–Trinajstić information content (AvgIpc) is 2.61. The highest BCUT2D eigenvalue weighted by Gasteiger charge is 2.15. The van der Waals surface area contributed by atoms with Gasteiger partial charge in [-0.2, -0.15) is 0 Å². The number of anilines is 1. The van der Waals surface area contributed by atoms with Crippen LogP contribution in [0, 0.1) is 5.82 Å². The standard InChI is InChI=1S/C19H19FN2O3/c1-22(19(24)14-3-2-4-15(20)11-14)9-10-25-16-6-7-17-13(12-16)5-8-18(23)21-17/h2-4,6-7,11-12H,5,8-10H2,1H3,(H,21,23). The number of benzene rings is 2. The van der Waals surface area contributed by atoms with Gasteiger partial charge in [0.05, 0.1) is 6.54 Å². The van der Waals surface area contributed by atoms with Crippen LogP contribution in [0.25, 0.3) is 0 Å². The van der Waals surface area contributed by atoms with Gasteiger partial charge in [0.25, 0.3) is 5.91 Å². The largest absolute Gasteiger partial charge is 0.492 e. The highest BCUT2D eigenvalue weighted by Crippen LogP contribution is 2.26. The Kier molecular flexibility index (Phi) is 4.97. The Morgan fingerprint density at radius 3 is 2.88 bits per heavy atom. The SMILES string of the molecule is CN(CCOc1ccc2c(c1)CCC(=O)N2)C(=O)c1cccc(F)c1. The van der Waals surface area contributed by atoms with Gasteiger partial charge in [0.15, 0.2) is 0 Å². The van der Waals surface area contributed by atoms with Gasteiger partial charge in [-0.05, 0) is 48.4 Å². The van der Waals surface area contributed by atoms with Crippen molar-refractivity contribution in [3.05, 3.63) is 59.4 Å². The minimum absolute atomic E-state index is 0.0265. The summed E-state index contributed by atoms with van der Waals surface area (Å²) in [6, 6.07) is 11.1. The first kappa shape index (κ1) is 17.0. The lowest BCUT2D eigenvalue weighted by Gasteiger charge is -2.19. The minimum Gasteiger partial charge on any atom is -0.492 e. The first-order valence-electron chi connectivity index (χ1n) is 8.09. The summed E-state index contributed by atoms with van der Waals surface area (Å²) < 4.78 is 18.9. The molecule has 1 aliphatic rings. The van der Waals surface area contributed by atoms with Crippen LogP contribution in [-0.2, 0) is 11.2 Å². The number of carbonyl (C=O) groups excluding carboxylic acids is 2. The zero-order valence-corrected chi connectivity index (χ0v) is 13.9. The van der Waals surface area contributed by atoms with E-state index in [0.717, 1.165) is 11.3 Å². The molecule has 6 heteroatoms. The molecular weight excluding hydrogens is 323 g/mol. The maximum Gasteiger partial charge on any atom is 0.253 e. The van der Waals surface area contributed by atoms with Crippen molar-refractivity contribution in [3.63, 3.8) is 0 Å². The van der Waals surface area contributed by atoms with Crippen molar-refractivity contribution in [3.8, 4) is 5.75 Å². The normalized spacial score (nSPS) is 13.0. The fourth-order valence-corrected chi connectivity index (χ4v) is 2.69. The second-order valence-corrected chi connectivity index (χ2v) is 5.95. The number of likely N-dealkylation sites (N-methyl/N-ethyl adjacent to an activating group) is 1. The smallest absolute Gasteiger partial charge is 0.253 e. The van der Waals surface area contributed by atoms with E-state index >= 15 is 0 Å². The van der Waals surface area contributed by atoms with Crippen LogP contribution in [0.2, 0.25) is 0 Å². The molecule has 0 spiro atoms. The topological polar surface area (TPSA) is 58.6 Å². The van der Waals surface area contributed by atoms with E-state index < -0.39 is 5.82 Å². The fourth-order valence-electron chi connectivity index (χ4n) is 2.69. The number of rotatable bonds is 5. The van der Waals surface area contributed by atoms with Gasteiger partial charge in [0, 0.05) is 24.7 Å². The molecule has 1 aliphatic heterocycles. The number of fused-ring (bicyclic) bond motifs is 1. The van der Waals surface area contributed by atoms with Gasteiger partial charge in [0.2, 0.25) is 5.91 Å². The number of amides is 2. The molecule has 1 N–H and O–H groups in total. The number of hydrogen-bond donors (Lipinski definition) is 1. The molecule has 0 aromatic heterocycles. The molecule has 2 aromatic rings. The zero-order valence-electron chi connectivity index (χ0n) is 13.9. The number of aryl methyl sites for hydroxylation is 1. The quantitative estimate of drug-likeness (QED) is 0.909. The molecule has 0 unspecified atom stereocenters. The van der Waals surface area contributed by atoms with E-state index in [4.69, 9.17) is 4.74 Å². The minimum atomic E-state index is -0.434. The molecule has 5 nitrogen and oxygen atoms in total. The van der Waals surface area contributed by atoms with E-state index in [2.05, 4.69) is 5.32 Å². The maximum atomic E-state index is 13.2. The van der Waals surface area contributed by atoms with Gasteiger partial charge >= 0.3 is 0 Å². The third kappa shape index (κ3) is 4.15. The first-order chi connectivity index (χ1) is 12.0. The van der Waals surface area contributed by atoms with Crippen molar-refractivity contribution in [2.45, 2.75) is 12.8 Å². The number of carbonyl (C=O) groups is 2. The van der Waals surface area contributed by atoms with E-state index in [0.29, 0.717) is 37.3 Å². The predicted molar refractivity (Wildman–Crippen MR) is 92.2 cm³/mol. The molecule has 3 rings (SSSR count). The molecule has 2 aromatic carbocycles. The van der Waals surface area contributed by atoms with Crippen LogP contribution in [0.3, 0.4) is 0 Å². The molecule has 0 fully saturated rings. The summed E-state index contributed by atoms with van der Waals surface area (Å²) in [4.78, 5) is 25.1. The lowest BCUT2D eigenvalue weighted by molar-refractivity contribution is -0.116. The summed E-state index contributed by atoms with van der Waals surface area (Å²) in [5, 5.41) is 2.82. The lowest BCUT2D eigenvalue weighted by atomic mass is 10.0. The van der Waals surface area contributed by atoms with Crippen LogP contribution >= 0.6 is 0 Å². The second kappa shape index (κ2) is 7.34. The van der Waals surface area contributed by atoms with Gasteiger partial charge in [0.1, 0.15) is 18.2 Å². The van der Waals surface area contributed by atoms with Gasteiger partial charge in [-0.15, -0.1) is 0 Å². The second-order valence-electron chi connectivity index (χ2n) is 5.95. The maximum absolute atomic E-state index is 13.2. The number of nitrogens with one attached hydrogen (secondary N) is 1. The van der Waals surface area contributed by atoms with Crippen molar-refractivity contribution in [1.29, 1.82) is 0 Å². The lowest BCUT2D eigenvalue weighted by Crippen LogP contribution is -2.31. The third-order valence-corrected chi connectivity index (χ3v) is 4.09. The Hall–Kier alpha value is -2.89. The van der Waals surface area contributed by atoms with Crippen molar-refractivity contribution >= 4 is 17.5 Å². The van der Waals surface area contributed by atoms with Crippen LogP contribution in [0.5, 0.6) is 5.75 Å². The Balaban J connectivity index is 1.54. The molecule has 25 heavy (non-hydrogen) atoms. The summed E-state index contributed by atoms with van der Waals surface area (Å²) in [5.41, 5.74) is 2.18. The predicted octanol–water partition coefficient (Wildman–Crippen LogP) is 2.86. The Morgan fingerprint density at radius 1 is 1.24 bits per heavy atom. The van der Waals surface area contributed by atoms with E-state index in [1.807, 2.05) is 12.1 Å². The summed E-state index contributed by atoms with van der Waals surface area (Å²) in [6.07, 6.45) is 1.16. The highest BCUT2D eigenvalue weighted by atomic mass is 19.1. The van der Waals surface area contributed by atoms with Crippen LogP contribution in [0.15, 0.2) is 42.5 Å². The summed E-state index contributed by atoms with van der Waals surface area (Å²) in [5.74, 6) is 0.0352. The number of nitrogens with zero attached hydrogens (tertiary/aromatic N) is 1. The van der Waals surface area contributed by atoms with Gasteiger partial charge in [-0.25, -0.2) is 4.39 Å². The van der Waals surface area contributed by atoms with Crippen molar-refractivity contribution in [2.75, 3.05) is 25.5 Å². The molecular formula is C19H19FN2O3. The van der Waals surface area contributed by atoms with E-state index in [-0.39, 0.29) is 11.8 Å². The van der Waals surface area contributed by atoms with Gasteiger partial charge < -0.3 is 15.0 Å². The summed E-state index contributed by atoms with van der Waals surface area (Å²) in [6.45, 7) is 0.700. The molecule has 1 heterocycles. The van der Waals surface area contributed by atoms with Crippen molar-refractivity contribution in [2.24, 2.45) is 0 Å². The number of hydrogen-bond acceptors (Lipinski definition) is 3. The number of halogens is 1. The van der Waals surface area contributed by atoms with Crippen molar-refractivity contribution in [1.82, 2.24) is 4.90 Å². The summed E-state index contributed by atoms with van der Waals surface area (Å²) in [7, 11) is 1.65. The molecule has 0 bridgehead atoms. The van der Waals surface area contributed by atoms with Gasteiger partial charge in [-0.1, -0.05) is 6.07 Å². The molecule has 0 radical (unpaired) electrons. The van der Waals surface area contributed by atoms with Crippen LogP contribution in [-0.4, -0.2) is 36.9 Å². The molecule has 0 aliphatic carbocycles. The van der Waals surface area contributed by atoms with E-state index in [1.54, 1.807) is 19.2 Å². The van der Waals surface area contributed by atoms with Crippen LogP contribution in [0.1, 0.15) is 22.3 Å². The molecule has 2 amide bonds. The average molecular weight is 342 g/mol. The molecule has 130 valence electrons. The Bertz CT molecular complexity index is 807. The highest BCUT2D eigenvalue weighted by molar-refractivity contribution is 5.94. The third-order valence-electron chi connectivity index (χ3n) is 4.09.